The lowest BCUT2D eigenvalue weighted by atomic mass is 10.1. The van der Waals surface area contributed by atoms with E-state index in [-0.39, 0.29) is 0 Å². The third-order valence-corrected chi connectivity index (χ3v) is 3.24. The van der Waals surface area contributed by atoms with Crippen LogP contribution in [0.1, 0.15) is 12.6 Å². The second kappa shape index (κ2) is 8.74. The molecule has 6 heteroatoms. The van der Waals surface area contributed by atoms with Crippen LogP contribution in [0, 0.1) is 0 Å². The van der Waals surface area contributed by atoms with Crippen LogP contribution in [0.3, 0.4) is 0 Å². The molecule has 0 atom stereocenters. The van der Waals surface area contributed by atoms with Gasteiger partial charge in [0.1, 0.15) is 5.76 Å². The first-order valence-corrected chi connectivity index (χ1v) is 7.78. The molecule has 2 rings (SSSR count). The number of allylic oxidation sites excluding steroid dienone is 3. The van der Waals surface area contributed by atoms with E-state index in [1.54, 1.807) is 36.5 Å². The van der Waals surface area contributed by atoms with Crippen LogP contribution in [0.5, 0.6) is 0 Å². The van der Waals surface area contributed by atoms with Crippen molar-refractivity contribution in [3.05, 3.63) is 77.9 Å². The molecule has 124 valence electrons. The van der Waals surface area contributed by atoms with Gasteiger partial charge >= 0.3 is 0 Å². The van der Waals surface area contributed by atoms with Gasteiger partial charge in [0.2, 0.25) is 5.95 Å². The molecule has 0 saturated carbocycles. The average molecular weight is 343 g/mol. The van der Waals surface area contributed by atoms with Gasteiger partial charge in [-0.3, -0.25) is 0 Å². The number of rotatable bonds is 7. The van der Waals surface area contributed by atoms with E-state index in [1.807, 2.05) is 19.1 Å². The summed E-state index contributed by atoms with van der Waals surface area (Å²) in [5.41, 5.74) is 7.63. The third-order valence-electron chi connectivity index (χ3n) is 3.01. The summed E-state index contributed by atoms with van der Waals surface area (Å²) in [5, 5.41) is 3.75. The molecule has 24 heavy (non-hydrogen) atoms. The lowest BCUT2D eigenvalue weighted by Crippen LogP contribution is -2.02. The third kappa shape index (κ3) is 4.86. The van der Waals surface area contributed by atoms with Crippen molar-refractivity contribution in [1.29, 1.82) is 0 Å². The van der Waals surface area contributed by atoms with E-state index in [4.69, 9.17) is 22.1 Å². The highest BCUT2D eigenvalue weighted by Gasteiger charge is 2.10. The van der Waals surface area contributed by atoms with Crippen LogP contribution in [-0.2, 0) is 4.74 Å². The molecule has 5 nitrogen and oxygen atoms in total. The Morgan fingerprint density at radius 2 is 2.25 bits per heavy atom. The molecule has 0 unspecified atom stereocenters. The summed E-state index contributed by atoms with van der Waals surface area (Å²) >= 11 is 5.99. The van der Waals surface area contributed by atoms with Crippen molar-refractivity contribution in [2.24, 2.45) is 5.73 Å². The number of anilines is 2. The van der Waals surface area contributed by atoms with Gasteiger partial charge in [0, 0.05) is 22.5 Å². The standard InChI is InChI=1S/C18H19ClN4O/c1-3-24-13(2)16(8-5-10-20)17-9-11-21-18(23-17)22-15-7-4-6-14(19)12-15/h4-12H,2-3,20H2,1H3,(H,21,22,23)/b10-5-,16-8+. The zero-order chi connectivity index (χ0) is 17.4. The summed E-state index contributed by atoms with van der Waals surface area (Å²) in [4.78, 5) is 8.73. The van der Waals surface area contributed by atoms with Gasteiger partial charge in [0.05, 0.1) is 12.3 Å². The summed E-state index contributed by atoms with van der Waals surface area (Å²) in [6.45, 7) is 6.35. The molecule has 0 aliphatic carbocycles. The van der Waals surface area contributed by atoms with E-state index in [0.717, 1.165) is 11.3 Å². The van der Waals surface area contributed by atoms with Gasteiger partial charge in [-0.2, -0.15) is 0 Å². The van der Waals surface area contributed by atoms with E-state index >= 15 is 0 Å². The number of hydrogen-bond donors (Lipinski definition) is 2. The molecule has 3 N–H and O–H groups in total. The van der Waals surface area contributed by atoms with Crippen molar-refractivity contribution in [2.45, 2.75) is 6.92 Å². The Labute approximate surface area is 146 Å². The quantitative estimate of drug-likeness (QED) is 0.580. The molecule has 0 radical (unpaired) electrons. The topological polar surface area (TPSA) is 73.1 Å². The monoisotopic (exact) mass is 342 g/mol. The molecule has 0 spiro atoms. The second-order valence-electron chi connectivity index (χ2n) is 4.72. The first-order valence-electron chi connectivity index (χ1n) is 7.40. The number of nitrogens with two attached hydrogens (primary N) is 1. The minimum absolute atomic E-state index is 0.446. The van der Waals surface area contributed by atoms with Crippen molar-refractivity contribution < 1.29 is 4.74 Å². The van der Waals surface area contributed by atoms with Gasteiger partial charge in [-0.25, -0.2) is 9.97 Å². The zero-order valence-corrected chi connectivity index (χ0v) is 14.1. The fraction of sp³-hybridized carbons (Fsp3) is 0.111. The van der Waals surface area contributed by atoms with Gasteiger partial charge in [-0.1, -0.05) is 24.2 Å². The largest absolute Gasteiger partial charge is 0.494 e. The number of aromatic nitrogens is 2. The van der Waals surface area contributed by atoms with Crippen LogP contribution >= 0.6 is 11.6 Å². The minimum Gasteiger partial charge on any atom is -0.494 e. The van der Waals surface area contributed by atoms with Crippen molar-refractivity contribution in [3.63, 3.8) is 0 Å². The Morgan fingerprint density at radius 1 is 1.42 bits per heavy atom. The predicted molar refractivity (Wildman–Crippen MR) is 98.8 cm³/mol. The van der Waals surface area contributed by atoms with Crippen LogP contribution in [-0.4, -0.2) is 16.6 Å². The van der Waals surface area contributed by atoms with Crippen LogP contribution in [0.25, 0.3) is 5.57 Å². The first kappa shape index (κ1) is 17.6. The first-order chi connectivity index (χ1) is 11.6. The van der Waals surface area contributed by atoms with Crippen LogP contribution < -0.4 is 11.1 Å². The Bertz CT molecular complexity index is 771. The summed E-state index contributed by atoms with van der Waals surface area (Å²) < 4.78 is 5.49. The molecule has 1 aromatic carbocycles. The number of hydrogen-bond acceptors (Lipinski definition) is 5. The fourth-order valence-corrected chi connectivity index (χ4v) is 2.18. The Hall–Kier alpha value is -2.79. The van der Waals surface area contributed by atoms with Crippen molar-refractivity contribution in [2.75, 3.05) is 11.9 Å². The highest BCUT2D eigenvalue weighted by Crippen LogP contribution is 2.23. The van der Waals surface area contributed by atoms with E-state index in [0.29, 0.717) is 29.0 Å². The zero-order valence-electron chi connectivity index (χ0n) is 13.4. The maximum atomic E-state index is 5.99. The van der Waals surface area contributed by atoms with E-state index in [9.17, 15) is 0 Å². The number of benzene rings is 1. The maximum absolute atomic E-state index is 5.99. The molecule has 0 aliphatic heterocycles. The molecule has 0 saturated heterocycles. The fourth-order valence-electron chi connectivity index (χ4n) is 1.99. The van der Waals surface area contributed by atoms with Crippen LogP contribution in [0.15, 0.2) is 67.2 Å². The van der Waals surface area contributed by atoms with Crippen molar-refractivity contribution in [1.82, 2.24) is 9.97 Å². The van der Waals surface area contributed by atoms with Gasteiger partial charge in [0.25, 0.3) is 0 Å². The smallest absolute Gasteiger partial charge is 0.227 e. The van der Waals surface area contributed by atoms with E-state index in [1.165, 1.54) is 6.20 Å². The lowest BCUT2D eigenvalue weighted by molar-refractivity contribution is 0.247. The predicted octanol–water partition coefficient (Wildman–Crippen LogP) is 4.28. The van der Waals surface area contributed by atoms with E-state index in [2.05, 4.69) is 21.9 Å². The van der Waals surface area contributed by atoms with Crippen LogP contribution in [0.2, 0.25) is 5.02 Å². The normalized spacial score (nSPS) is 11.5. The molecular weight excluding hydrogens is 324 g/mol. The van der Waals surface area contributed by atoms with Gasteiger partial charge in [0.15, 0.2) is 0 Å². The number of nitrogens with zero attached hydrogens (tertiary/aromatic N) is 2. The van der Waals surface area contributed by atoms with Gasteiger partial charge in [-0.05, 0) is 49.5 Å². The molecule has 0 fully saturated rings. The van der Waals surface area contributed by atoms with Crippen molar-refractivity contribution >= 4 is 28.8 Å². The average Bonchev–Trinajstić information content (AvgIpc) is 2.56. The SMILES string of the molecule is C=C(OCC)/C(=C\C=C/N)c1ccnc(Nc2cccc(Cl)c2)n1. The minimum atomic E-state index is 0.446. The number of ether oxygens (including phenoxy) is 1. The van der Waals surface area contributed by atoms with Crippen molar-refractivity contribution in [3.8, 4) is 0 Å². The highest BCUT2D eigenvalue weighted by molar-refractivity contribution is 6.30. The molecular formula is C18H19ClN4O. The maximum Gasteiger partial charge on any atom is 0.227 e. The molecule has 0 aliphatic rings. The second-order valence-corrected chi connectivity index (χ2v) is 5.16. The van der Waals surface area contributed by atoms with Gasteiger partial charge in [-0.15, -0.1) is 0 Å². The van der Waals surface area contributed by atoms with E-state index < -0.39 is 0 Å². The molecule has 1 aromatic heterocycles. The number of halogens is 1. The molecule has 1 heterocycles. The summed E-state index contributed by atoms with van der Waals surface area (Å²) in [7, 11) is 0. The Balaban J connectivity index is 2.31. The highest BCUT2D eigenvalue weighted by atomic mass is 35.5. The lowest BCUT2D eigenvalue weighted by Gasteiger charge is -2.12. The summed E-state index contributed by atoms with van der Waals surface area (Å²) in [6, 6.07) is 9.11. The summed E-state index contributed by atoms with van der Waals surface area (Å²) in [6.07, 6.45) is 6.59. The molecule has 0 bridgehead atoms. The van der Waals surface area contributed by atoms with Gasteiger partial charge < -0.3 is 15.8 Å². The summed E-state index contributed by atoms with van der Waals surface area (Å²) in [5.74, 6) is 0.963. The Morgan fingerprint density at radius 3 is 2.96 bits per heavy atom. The van der Waals surface area contributed by atoms with Crippen LogP contribution in [0.4, 0.5) is 11.6 Å². The number of nitrogens with one attached hydrogen (secondary N) is 1. The Kier molecular flexibility index (Phi) is 6.40. The molecule has 0 amide bonds. The molecule has 2 aromatic rings.